The first-order chi connectivity index (χ1) is 13.0. The zero-order valence-corrected chi connectivity index (χ0v) is 16.5. The van der Waals surface area contributed by atoms with Gasteiger partial charge >= 0.3 is 0 Å². The fraction of sp³-hybridized carbons (Fsp3) is 0.192. The van der Waals surface area contributed by atoms with Crippen molar-refractivity contribution in [3.8, 4) is 0 Å². The highest BCUT2D eigenvalue weighted by Crippen LogP contribution is 2.34. The van der Waals surface area contributed by atoms with Gasteiger partial charge in [-0.2, -0.15) is 0 Å². The number of hydrogen-bond acceptors (Lipinski definition) is 1. The van der Waals surface area contributed by atoms with E-state index in [1.165, 1.54) is 49.7 Å². The van der Waals surface area contributed by atoms with Crippen molar-refractivity contribution in [3.05, 3.63) is 94.1 Å². The molecule has 27 heavy (non-hydrogen) atoms. The van der Waals surface area contributed by atoms with Gasteiger partial charge in [0, 0.05) is 11.8 Å². The lowest BCUT2D eigenvalue weighted by Gasteiger charge is -2.13. The van der Waals surface area contributed by atoms with Gasteiger partial charge in [0.15, 0.2) is 0 Å². The first kappa shape index (κ1) is 17.5. The predicted octanol–water partition coefficient (Wildman–Crippen LogP) is 7.25. The quantitative estimate of drug-likeness (QED) is 0.441. The number of fused-ring (bicyclic) bond motifs is 1. The van der Waals surface area contributed by atoms with Crippen molar-refractivity contribution in [1.29, 1.82) is 0 Å². The van der Waals surface area contributed by atoms with Crippen molar-refractivity contribution in [2.45, 2.75) is 34.1 Å². The molecule has 0 fully saturated rings. The van der Waals surface area contributed by atoms with Crippen molar-refractivity contribution in [1.82, 2.24) is 0 Å². The minimum Gasteiger partial charge on any atom is -0.256 e. The van der Waals surface area contributed by atoms with Crippen LogP contribution in [-0.4, -0.2) is 6.21 Å². The van der Waals surface area contributed by atoms with Crippen LogP contribution in [0.3, 0.4) is 0 Å². The maximum Gasteiger partial charge on any atom is 0.0688 e. The van der Waals surface area contributed by atoms with E-state index in [1.54, 1.807) is 0 Å². The Balaban J connectivity index is 1.91. The molecule has 1 aliphatic rings. The summed E-state index contributed by atoms with van der Waals surface area (Å²) < 4.78 is 0. The van der Waals surface area contributed by atoms with Crippen LogP contribution in [0.15, 0.2) is 71.2 Å². The standard InChI is InChI=1S/C26H25N/c1-17-14-19(3)26(20(4)15-17)27-16-25-23-10-6-5-9-21(23)12-13-24(25)22-11-7-8-18(22)2/h5-10,12-16H,11H2,1-4H3. The molecule has 1 heteroatoms. The van der Waals surface area contributed by atoms with Crippen LogP contribution in [0.25, 0.3) is 16.3 Å². The van der Waals surface area contributed by atoms with Crippen LogP contribution >= 0.6 is 0 Å². The first-order valence-electron chi connectivity index (χ1n) is 9.55. The van der Waals surface area contributed by atoms with Crippen molar-refractivity contribution in [2.75, 3.05) is 0 Å². The fourth-order valence-corrected chi connectivity index (χ4v) is 4.14. The van der Waals surface area contributed by atoms with Gasteiger partial charge in [0.2, 0.25) is 0 Å². The zero-order chi connectivity index (χ0) is 19.0. The summed E-state index contributed by atoms with van der Waals surface area (Å²) in [6, 6.07) is 17.5. The summed E-state index contributed by atoms with van der Waals surface area (Å²) in [5.41, 5.74) is 10.1. The number of benzene rings is 3. The fourth-order valence-electron chi connectivity index (χ4n) is 4.14. The van der Waals surface area contributed by atoms with Gasteiger partial charge in [-0.15, -0.1) is 0 Å². The lowest BCUT2D eigenvalue weighted by atomic mass is 9.92. The SMILES string of the molecule is CC1=C(c2ccc3ccccc3c2C=Nc2c(C)cc(C)cc2C)CC=C1. The molecule has 0 bridgehead atoms. The molecular formula is C26H25N. The van der Waals surface area contributed by atoms with Crippen LogP contribution < -0.4 is 0 Å². The minimum atomic E-state index is 0.994. The number of nitrogens with zero attached hydrogens (tertiary/aromatic N) is 1. The van der Waals surface area contributed by atoms with Gasteiger partial charge in [-0.05, 0) is 72.7 Å². The molecular weight excluding hydrogens is 326 g/mol. The van der Waals surface area contributed by atoms with Crippen molar-refractivity contribution >= 4 is 28.2 Å². The summed E-state index contributed by atoms with van der Waals surface area (Å²) in [7, 11) is 0. The first-order valence-corrected chi connectivity index (χ1v) is 9.55. The second-order valence-corrected chi connectivity index (χ2v) is 7.52. The molecule has 0 spiro atoms. The van der Waals surface area contributed by atoms with E-state index < -0.39 is 0 Å². The maximum absolute atomic E-state index is 4.96. The Kier molecular flexibility index (Phi) is 4.53. The minimum absolute atomic E-state index is 0.994. The van der Waals surface area contributed by atoms with Gasteiger partial charge in [0.05, 0.1) is 5.69 Å². The highest BCUT2D eigenvalue weighted by atomic mass is 14.7. The van der Waals surface area contributed by atoms with Crippen LogP contribution in [0.1, 0.15) is 41.2 Å². The molecule has 0 atom stereocenters. The van der Waals surface area contributed by atoms with Crippen LogP contribution in [0, 0.1) is 20.8 Å². The molecule has 4 rings (SSSR count). The maximum atomic E-state index is 4.96. The molecule has 1 nitrogen and oxygen atoms in total. The second-order valence-electron chi connectivity index (χ2n) is 7.52. The lowest BCUT2D eigenvalue weighted by Crippen LogP contribution is -1.95. The van der Waals surface area contributed by atoms with E-state index in [4.69, 9.17) is 4.99 Å². The van der Waals surface area contributed by atoms with Crippen LogP contribution in [0.2, 0.25) is 0 Å². The molecule has 3 aromatic rings. The molecule has 134 valence electrons. The molecule has 0 aromatic heterocycles. The molecule has 0 aliphatic heterocycles. The molecule has 0 heterocycles. The second kappa shape index (κ2) is 7.00. The number of hydrogen-bond donors (Lipinski definition) is 0. The van der Waals surface area contributed by atoms with Gasteiger partial charge in [0.1, 0.15) is 0 Å². The van der Waals surface area contributed by atoms with Gasteiger partial charge in [-0.1, -0.05) is 66.2 Å². The van der Waals surface area contributed by atoms with Crippen LogP contribution in [0.5, 0.6) is 0 Å². The topological polar surface area (TPSA) is 12.4 Å². The third-order valence-electron chi connectivity index (χ3n) is 5.42. The van der Waals surface area contributed by atoms with Crippen molar-refractivity contribution < 1.29 is 0 Å². The molecule has 0 radical (unpaired) electrons. The Labute approximate surface area is 161 Å². The van der Waals surface area contributed by atoms with E-state index in [0.717, 1.165) is 12.1 Å². The Morgan fingerprint density at radius 1 is 0.889 bits per heavy atom. The molecule has 0 N–H and O–H groups in total. The number of aryl methyl sites for hydroxylation is 3. The molecule has 0 saturated heterocycles. The monoisotopic (exact) mass is 351 g/mol. The Bertz CT molecular complexity index is 1100. The van der Waals surface area contributed by atoms with E-state index in [1.807, 2.05) is 0 Å². The van der Waals surface area contributed by atoms with Crippen LogP contribution in [-0.2, 0) is 0 Å². The average Bonchev–Trinajstić information content (AvgIpc) is 3.06. The molecule has 0 unspecified atom stereocenters. The smallest absolute Gasteiger partial charge is 0.0688 e. The number of rotatable bonds is 3. The van der Waals surface area contributed by atoms with Crippen LogP contribution in [0.4, 0.5) is 5.69 Å². The molecule has 3 aromatic carbocycles. The third kappa shape index (κ3) is 3.26. The normalized spacial score (nSPS) is 14.1. The predicted molar refractivity (Wildman–Crippen MR) is 118 cm³/mol. The number of aliphatic imine (C=N–C) groups is 1. The van der Waals surface area contributed by atoms with Crippen molar-refractivity contribution in [2.24, 2.45) is 4.99 Å². The highest BCUT2D eigenvalue weighted by molar-refractivity contribution is 6.05. The molecule has 1 aliphatic carbocycles. The van der Waals surface area contributed by atoms with E-state index >= 15 is 0 Å². The average molecular weight is 351 g/mol. The van der Waals surface area contributed by atoms with E-state index in [9.17, 15) is 0 Å². The Hall–Kier alpha value is -2.93. The Morgan fingerprint density at radius 3 is 2.33 bits per heavy atom. The van der Waals surface area contributed by atoms with E-state index in [-0.39, 0.29) is 0 Å². The summed E-state index contributed by atoms with van der Waals surface area (Å²) >= 11 is 0. The summed E-state index contributed by atoms with van der Waals surface area (Å²) in [6.07, 6.45) is 7.53. The lowest BCUT2D eigenvalue weighted by molar-refractivity contribution is 1.29. The van der Waals surface area contributed by atoms with Gasteiger partial charge in [0.25, 0.3) is 0 Å². The van der Waals surface area contributed by atoms with Gasteiger partial charge in [-0.3, -0.25) is 4.99 Å². The zero-order valence-electron chi connectivity index (χ0n) is 16.5. The summed E-state index contributed by atoms with van der Waals surface area (Å²) in [4.78, 5) is 4.96. The summed E-state index contributed by atoms with van der Waals surface area (Å²) in [6.45, 7) is 8.62. The largest absolute Gasteiger partial charge is 0.256 e. The summed E-state index contributed by atoms with van der Waals surface area (Å²) in [5.74, 6) is 0. The van der Waals surface area contributed by atoms with E-state index in [0.29, 0.717) is 0 Å². The molecule has 0 saturated carbocycles. The Morgan fingerprint density at radius 2 is 1.63 bits per heavy atom. The van der Waals surface area contributed by atoms with Gasteiger partial charge < -0.3 is 0 Å². The highest BCUT2D eigenvalue weighted by Gasteiger charge is 2.14. The van der Waals surface area contributed by atoms with E-state index in [2.05, 4.69) is 94.6 Å². The third-order valence-corrected chi connectivity index (χ3v) is 5.42. The van der Waals surface area contributed by atoms with Crippen molar-refractivity contribution in [3.63, 3.8) is 0 Å². The number of allylic oxidation sites excluding steroid dienone is 4. The molecule has 0 amide bonds. The summed E-state index contributed by atoms with van der Waals surface area (Å²) in [5, 5.41) is 2.51. The van der Waals surface area contributed by atoms with Gasteiger partial charge in [-0.25, -0.2) is 0 Å².